The first kappa shape index (κ1) is 22.7. The molecule has 29 heavy (non-hydrogen) atoms. The molecule has 0 radical (unpaired) electrons. The molecule has 1 aliphatic carbocycles. The van der Waals surface area contributed by atoms with Gasteiger partial charge in [-0.25, -0.2) is 4.79 Å². The van der Waals surface area contributed by atoms with Crippen molar-refractivity contribution in [2.45, 2.75) is 51.2 Å². The predicted molar refractivity (Wildman–Crippen MR) is 95.8 cm³/mol. The Labute approximate surface area is 166 Å². The van der Waals surface area contributed by atoms with Crippen molar-refractivity contribution in [2.24, 2.45) is 5.92 Å². The second-order valence-electron chi connectivity index (χ2n) is 7.03. The summed E-state index contributed by atoms with van der Waals surface area (Å²) < 4.78 is 51.0. The molecule has 9 heteroatoms. The Morgan fingerprint density at radius 3 is 2.62 bits per heavy atom. The fourth-order valence-corrected chi connectivity index (χ4v) is 3.04. The van der Waals surface area contributed by atoms with Gasteiger partial charge in [0.05, 0.1) is 19.1 Å². The lowest BCUT2D eigenvalue weighted by atomic mass is 9.86. The zero-order valence-corrected chi connectivity index (χ0v) is 15.9. The first-order valence-corrected chi connectivity index (χ1v) is 9.08. The molecule has 1 saturated carbocycles. The largest absolute Gasteiger partial charge is 0.573 e. The Morgan fingerprint density at radius 1 is 1.28 bits per heavy atom. The molecule has 6 nitrogen and oxygen atoms in total. The van der Waals surface area contributed by atoms with Crippen LogP contribution in [0.1, 0.15) is 31.7 Å². The van der Waals surface area contributed by atoms with Crippen LogP contribution in [0.2, 0.25) is 0 Å². The molecule has 1 N–H and O–H groups in total. The fraction of sp³-hybridized carbons (Fsp3) is 0.500. The van der Waals surface area contributed by atoms with Crippen molar-refractivity contribution in [3.05, 3.63) is 42.0 Å². The monoisotopic (exact) mass is 416 g/mol. The summed E-state index contributed by atoms with van der Waals surface area (Å²) in [5.74, 6) is -1.64. The van der Waals surface area contributed by atoms with E-state index < -0.39 is 36.3 Å². The van der Waals surface area contributed by atoms with E-state index in [-0.39, 0.29) is 24.5 Å². The number of esters is 2. The molecular formula is C20H23F3O6. The number of carbonyl (C=O) groups is 2. The molecule has 0 bridgehead atoms. The van der Waals surface area contributed by atoms with Crippen molar-refractivity contribution in [1.82, 2.24) is 0 Å². The highest BCUT2D eigenvalue weighted by molar-refractivity contribution is 5.86. The summed E-state index contributed by atoms with van der Waals surface area (Å²) in [5, 5.41) is 10.2. The van der Waals surface area contributed by atoms with Crippen LogP contribution in [0.4, 0.5) is 13.2 Å². The normalized spacial score (nSPS) is 21.9. The van der Waals surface area contributed by atoms with Crippen LogP contribution in [-0.4, -0.2) is 42.2 Å². The van der Waals surface area contributed by atoms with Crippen LogP contribution in [0, 0.1) is 5.92 Å². The van der Waals surface area contributed by atoms with Gasteiger partial charge in [0.1, 0.15) is 11.9 Å². The van der Waals surface area contributed by atoms with Crippen LogP contribution >= 0.6 is 0 Å². The molecule has 0 aromatic heterocycles. The minimum atomic E-state index is -4.82. The summed E-state index contributed by atoms with van der Waals surface area (Å²) in [6.07, 6.45) is -5.42. The van der Waals surface area contributed by atoms with E-state index >= 15 is 0 Å². The number of aliphatic hydroxyl groups excluding tert-OH is 1. The summed E-state index contributed by atoms with van der Waals surface area (Å²) in [7, 11) is 0. The zero-order chi connectivity index (χ0) is 21.6. The number of aliphatic hydroxyl groups is 1. The summed E-state index contributed by atoms with van der Waals surface area (Å²) >= 11 is 0. The van der Waals surface area contributed by atoms with Gasteiger partial charge in [-0.2, -0.15) is 0 Å². The first-order chi connectivity index (χ1) is 13.5. The van der Waals surface area contributed by atoms with E-state index in [1.54, 1.807) is 6.92 Å². The number of hydrogen-bond acceptors (Lipinski definition) is 6. The average molecular weight is 416 g/mol. The number of hydrogen-bond donors (Lipinski definition) is 1. The van der Waals surface area contributed by atoms with Crippen LogP contribution in [0.25, 0.3) is 0 Å². The standard InChI is InChI=1S/C20H23F3O6/c1-12(2)19(26)27-11-14-6-7-17(16(24)9-14)28-18(25)10-13-4-3-5-15(8-13)29-20(21,22)23/h3-5,8,14,16-17,24H,1,6-7,9-11H2,2H3. The maximum absolute atomic E-state index is 12.3. The molecule has 1 aliphatic rings. The molecule has 3 atom stereocenters. The number of halogens is 3. The Bertz CT molecular complexity index is 746. The maximum atomic E-state index is 12.3. The second kappa shape index (κ2) is 9.78. The highest BCUT2D eigenvalue weighted by Gasteiger charge is 2.33. The highest BCUT2D eigenvalue weighted by Crippen LogP contribution is 2.28. The first-order valence-electron chi connectivity index (χ1n) is 9.08. The lowest BCUT2D eigenvalue weighted by Crippen LogP contribution is -2.39. The lowest BCUT2D eigenvalue weighted by Gasteiger charge is -2.32. The van der Waals surface area contributed by atoms with Gasteiger partial charge < -0.3 is 19.3 Å². The summed E-state index contributed by atoms with van der Waals surface area (Å²) in [4.78, 5) is 23.5. The minimum absolute atomic E-state index is 0.0561. The zero-order valence-electron chi connectivity index (χ0n) is 15.9. The number of benzene rings is 1. The van der Waals surface area contributed by atoms with Gasteiger partial charge >= 0.3 is 18.3 Å². The minimum Gasteiger partial charge on any atom is -0.462 e. The molecule has 1 aromatic rings. The van der Waals surface area contributed by atoms with Crippen LogP contribution in [-0.2, 0) is 25.5 Å². The summed E-state index contributed by atoms with van der Waals surface area (Å²) in [6.45, 7) is 5.18. The van der Waals surface area contributed by atoms with Gasteiger partial charge in [0.25, 0.3) is 0 Å². The number of ether oxygens (including phenoxy) is 3. The Hall–Kier alpha value is -2.55. The van der Waals surface area contributed by atoms with E-state index in [2.05, 4.69) is 11.3 Å². The number of alkyl halides is 3. The molecule has 0 saturated heterocycles. The Balaban J connectivity index is 1.82. The maximum Gasteiger partial charge on any atom is 0.573 e. The van der Waals surface area contributed by atoms with E-state index in [4.69, 9.17) is 9.47 Å². The van der Waals surface area contributed by atoms with Crippen LogP contribution in [0.15, 0.2) is 36.4 Å². The van der Waals surface area contributed by atoms with Crippen molar-refractivity contribution in [3.63, 3.8) is 0 Å². The molecule has 1 aromatic carbocycles. The molecule has 160 valence electrons. The molecule has 0 spiro atoms. The fourth-order valence-electron chi connectivity index (χ4n) is 3.04. The molecule has 1 fully saturated rings. The van der Waals surface area contributed by atoms with Crippen molar-refractivity contribution < 1.29 is 42.1 Å². The second-order valence-corrected chi connectivity index (χ2v) is 7.03. The third-order valence-corrected chi connectivity index (χ3v) is 4.43. The summed E-state index contributed by atoms with van der Waals surface area (Å²) in [5.41, 5.74) is 0.588. The predicted octanol–water partition coefficient (Wildman–Crippen LogP) is 3.32. The number of rotatable bonds is 7. The van der Waals surface area contributed by atoms with Crippen LogP contribution < -0.4 is 4.74 Å². The van der Waals surface area contributed by atoms with E-state index in [0.29, 0.717) is 24.8 Å². The molecule has 2 rings (SSSR count). The highest BCUT2D eigenvalue weighted by atomic mass is 19.4. The van der Waals surface area contributed by atoms with Crippen LogP contribution in [0.3, 0.4) is 0 Å². The summed E-state index contributed by atoms with van der Waals surface area (Å²) in [6, 6.07) is 5.07. The van der Waals surface area contributed by atoms with Gasteiger partial charge in [-0.1, -0.05) is 18.7 Å². The smallest absolute Gasteiger partial charge is 0.462 e. The molecular weight excluding hydrogens is 393 g/mol. The van der Waals surface area contributed by atoms with Crippen molar-refractivity contribution in [3.8, 4) is 5.75 Å². The average Bonchev–Trinajstić information content (AvgIpc) is 2.60. The van der Waals surface area contributed by atoms with E-state index in [1.807, 2.05) is 0 Å². The van der Waals surface area contributed by atoms with Crippen LogP contribution in [0.5, 0.6) is 5.75 Å². The van der Waals surface area contributed by atoms with E-state index in [1.165, 1.54) is 12.1 Å². The topological polar surface area (TPSA) is 82.1 Å². The SMILES string of the molecule is C=C(C)C(=O)OCC1CCC(OC(=O)Cc2cccc(OC(F)(F)F)c2)C(O)C1. The van der Waals surface area contributed by atoms with Crippen molar-refractivity contribution >= 4 is 11.9 Å². The van der Waals surface area contributed by atoms with Gasteiger partial charge in [-0.15, -0.1) is 13.2 Å². The van der Waals surface area contributed by atoms with Gasteiger partial charge in [0, 0.05) is 5.57 Å². The van der Waals surface area contributed by atoms with Gasteiger partial charge in [-0.3, -0.25) is 4.79 Å². The Kier molecular flexibility index (Phi) is 7.66. The Morgan fingerprint density at radius 2 is 2.00 bits per heavy atom. The third-order valence-electron chi connectivity index (χ3n) is 4.43. The molecule has 0 amide bonds. The quantitative estimate of drug-likeness (QED) is 0.543. The lowest BCUT2D eigenvalue weighted by molar-refractivity contribution is -0.274. The van der Waals surface area contributed by atoms with E-state index in [9.17, 15) is 27.9 Å². The third kappa shape index (κ3) is 7.77. The van der Waals surface area contributed by atoms with Crippen molar-refractivity contribution in [1.29, 1.82) is 0 Å². The van der Waals surface area contributed by atoms with Crippen molar-refractivity contribution in [2.75, 3.05) is 6.61 Å². The molecule has 0 heterocycles. The molecule has 3 unspecified atom stereocenters. The van der Waals surface area contributed by atoms with Gasteiger partial charge in [0.2, 0.25) is 0 Å². The van der Waals surface area contributed by atoms with E-state index in [0.717, 1.165) is 12.1 Å². The van der Waals surface area contributed by atoms with Gasteiger partial charge in [0.15, 0.2) is 0 Å². The number of carbonyl (C=O) groups excluding carboxylic acids is 2. The van der Waals surface area contributed by atoms with Gasteiger partial charge in [-0.05, 0) is 49.8 Å². The molecule has 0 aliphatic heterocycles.